The maximum atomic E-state index is 13.7. The molecular weight excluding hydrogens is 403 g/mol. The Bertz CT molecular complexity index is 1040. The number of nitrogens with zero attached hydrogens (tertiary/aromatic N) is 3. The van der Waals surface area contributed by atoms with Gasteiger partial charge in [0.25, 0.3) is 0 Å². The Balaban J connectivity index is 1.77. The van der Waals surface area contributed by atoms with E-state index in [-0.39, 0.29) is 24.5 Å². The van der Waals surface area contributed by atoms with E-state index in [1.807, 2.05) is 0 Å². The third kappa shape index (κ3) is 3.29. The number of hydrogen-bond donors (Lipinski definition) is 2. The van der Waals surface area contributed by atoms with E-state index in [9.17, 15) is 33.0 Å². The fraction of sp³-hybridized carbons (Fsp3) is 0.450. The lowest BCUT2D eigenvalue weighted by molar-refractivity contribution is -0.147. The van der Waals surface area contributed by atoms with Gasteiger partial charge in [0.2, 0.25) is 5.43 Å². The molecule has 0 radical (unpaired) electrons. The average molecular weight is 423 g/mol. The third-order valence-corrected chi connectivity index (χ3v) is 6.08. The van der Waals surface area contributed by atoms with E-state index in [2.05, 4.69) is 4.98 Å². The van der Waals surface area contributed by atoms with Crippen molar-refractivity contribution in [3.63, 3.8) is 0 Å². The molecule has 1 aliphatic carbocycles. The minimum Gasteiger partial charge on any atom is -0.503 e. The molecule has 2 N–H and O–H groups in total. The van der Waals surface area contributed by atoms with Gasteiger partial charge in [-0.2, -0.15) is 13.2 Å². The largest absolute Gasteiger partial charge is 0.503 e. The molecule has 2 aliphatic rings. The second-order valence-electron chi connectivity index (χ2n) is 7.92. The normalized spacial score (nSPS) is 20.4. The molecule has 0 aromatic carbocycles. The number of rotatable bonds is 4. The highest BCUT2D eigenvalue weighted by atomic mass is 19.4. The summed E-state index contributed by atoms with van der Waals surface area (Å²) in [6, 6.07) is 2.93. The highest BCUT2D eigenvalue weighted by molar-refractivity contribution is 5.87. The fourth-order valence-electron chi connectivity index (χ4n) is 4.72. The molecule has 2 aromatic rings. The Morgan fingerprint density at radius 2 is 1.97 bits per heavy atom. The minimum atomic E-state index is -4.42. The Morgan fingerprint density at radius 1 is 1.27 bits per heavy atom. The molecule has 1 aliphatic heterocycles. The lowest BCUT2D eigenvalue weighted by Gasteiger charge is -2.41. The second kappa shape index (κ2) is 7.03. The number of aromatic carboxylic acids is 1. The summed E-state index contributed by atoms with van der Waals surface area (Å²) in [6.07, 6.45) is 2.07. The Morgan fingerprint density at radius 3 is 2.60 bits per heavy atom. The third-order valence-electron chi connectivity index (χ3n) is 6.08. The van der Waals surface area contributed by atoms with Crippen LogP contribution in [0.5, 0.6) is 5.75 Å². The van der Waals surface area contributed by atoms with Crippen LogP contribution in [0.4, 0.5) is 19.0 Å². The molecule has 1 unspecified atom stereocenters. The molecule has 3 heterocycles. The zero-order chi connectivity index (χ0) is 21.7. The summed E-state index contributed by atoms with van der Waals surface area (Å²) >= 11 is 0. The Labute approximate surface area is 169 Å². The number of pyridine rings is 2. The number of anilines is 1. The molecular formula is C20H20F3N3O4. The zero-order valence-electron chi connectivity index (χ0n) is 15.9. The first kappa shape index (κ1) is 20.2. The molecule has 2 aromatic heterocycles. The predicted octanol–water partition coefficient (Wildman–Crippen LogP) is 3.13. The van der Waals surface area contributed by atoms with Gasteiger partial charge in [-0.15, -0.1) is 0 Å². The van der Waals surface area contributed by atoms with Gasteiger partial charge < -0.3 is 19.7 Å². The summed E-state index contributed by atoms with van der Waals surface area (Å²) in [4.78, 5) is 29.1. The minimum absolute atomic E-state index is 0.127. The molecule has 1 atom stereocenters. The van der Waals surface area contributed by atoms with Crippen LogP contribution in [0.2, 0.25) is 0 Å². The van der Waals surface area contributed by atoms with Crippen molar-refractivity contribution in [3.8, 4) is 5.75 Å². The highest BCUT2D eigenvalue weighted by Gasteiger charge is 2.53. The first-order chi connectivity index (χ1) is 14.1. The van der Waals surface area contributed by atoms with E-state index < -0.39 is 40.3 Å². The number of carboxylic acid groups (broad SMARTS) is 1. The molecule has 160 valence electrons. The van der Waals surface area contributed by atoms with Crippen LogP contribution in [0.3, 0.4) is 0 Å². The highest BCUT2D eigenvalue weighted by Crippen LogP contribution is 2.50. The molecule has 1 fully saturated rings. The monoisotopic (exact) mass is 423 g/mol. The number of halogens is 3. The van der Waals surface area contributed by atoms with Crippen molar-refractivity contribution in [2.75, 3.05) is 11.4 Å². The van der Waals surface area contributed by atoms with Crippen molar-refractivity contribution >= 4 is 11.8 Å². The van der Waals surface area contributed by atoms with Gasteiger partial charge in [0, 0.05) is 37.2 Å². The second-order valence-corrected chi connectivity index (χ2v) is 7.92. The summed E-state index contributed by atoms with van der Waals surface area (Å²) in [5, 5.41) is 19.1. The summed E-state index contributed by atoms with van der Waals surface area (Å²) in [5.74, 6) is -3.56. The topological polar surface area (TPSA) is 95.7 Å². The van der Waals surface area contributed by atoms with Gasteiger partial charge in [-0.3, -0.25) is 4.79 Å². The fourth-order valence-corrected chi connectivity index (χ4v) is 4.72. The lowest BCUT2D eigenvalue weighted by atomic mass is 9.94. The molecule has 0 bridgehead atoms. The van der Waals surface area contributed by atoms with E-state index in [1.165, 1.54) is 22.9 Å². The number of fused-ring (bicyclic) bond motifs is 1. The molecule has 1 saturated carbocycles. The molecule has 0 saturated heterocycles. The molecule has 30 heavy (non-hydrogen) atoms. The summed E-state index contributed by atoms with van der Waals surface area (Å²) in [6.45, 7) is -0.143. The van der Waals surface area contributed by atoms with Crippen LogP contribution in [0, 0.1) is 0 Å². The maximum absolute atomic E-state index is 13.7. The van der Waals surface area contributed by atoms with Crippen molar-refractivity contribution in [1.82, 2.24) is 9.55 Å². The van der Waals surface area contributed by atoms with Gasteiger partial charge >= 0.3 is 12.1 Å². The van der Waals surface area contributed by atoms with E-state index in [0.717, 1.165) is 25.2 Å². The summed E-state index contributed by atoms with van der Waals surface area (Å²) < 4.78 is 42.5. The average Bonchev–Trinajstić information content (AvgIpc) is 3.29. The number of alkyl halides is 3. The van der Waals surface area contributed by atoms with E-state index in [1.54, 1.807) is 4.90 Å². The zero-order valence-corrected chi connectivity index (χ0v) is 15.9. The standard InChI is InChI=1S/C20H20F3N3O4/c21-20(22,23)14-9-26(17-12(14)4-3-7-24-17)19(5-1-2-6-19)11-25-8-13(18(29)30)16(28)15(27)10-25/h3-4,7-8,10,14,27H,1-2,5-6,9,11H2,(H,29,30). The molecule has 4 rings (SSSR count). The molecule has 0 spiro atoms. The van der Waals surface area contributed by atoms with Gasteiger partial charge in [0.15, 0.2) is 5.75 Å². The van der Waals surface area contributed by atoms with Crippen LogP contribution in [-0.2, 0) is 6.54 Å². The number of aromatic nitrogens is 2. The van der Waals surface area contributed by atoms with E-state index in [0.29, 0.717) is 12.8 Å². The van der Waals surface area contributed by atoms with Gasteiger partial charge in [0.05, 0.1) is 5.54 Å². The van der Waals surface area contributed by atoms with Gasteiger partial charge in [-0.25, -0.2) is 9.78 Å². The smallest absolute Gasteiger partial charge is 0.397 e. The number of carbonyl (C=O) groups is 1. The van der Waals surface area contributed by atoms with Crippen LogP contribution in [-0.4, -0.2) is 44.0 Å². The van der Waals surface area contributed by atoms with Gasteiger partial charge in [-0.1, -0.05) is 18.9 Å². The van der Waals surface area contributed by atoms with Crippen molar-refractivity contribution in [1.29, 1.82) is 0 Å². The predicted molar refractivity (Wildman–Crippen MR) is 101 cm³/mol. The molecule has 7 nitrogen and oxygen atoms in total. The van der Waals surface area contributed by atoms with Gasteiger partial charge in [0.1, 0.15) is 17.3 Å². The van der Waals surface area contributed by atoms with Crippen LogP contribution < -0.4 is 10.3 Å². The Hall–Kier alpha value is -3.04. The number of hydrogen-bond acceptors (Lipinski definition) is 5. The van der Waals surface area contributed by atoms with Crippen molar-refractivity contribution in [3.05, 3.63) is 52.1 Å². The molecule has 0 amide bonds. The summed E-state index contributed by atoms with van der Waals surface area (Å²) in [7, 11) is 0. The van der Waals surface area contributed by atoms with E-state index >= 15 is 0 Å². The Kier molecular flexibility index (Phi) is 4.74. The van der Waals surface area contributed by atoms with E-state index in [4.69, 9.17) is 0 Å². The van der Waals surface area contributed by atoms with Gasteiger partial charge in [-0.05, 0) is 18.9 Å². The number of carboxylic acids is 1. The number of aromatic hydroxyl groups is 1. The first-order valence-electron chi connectivity index (χ1n) is 9.58. The van der Waals surface area contributed by atoms with Crippen LogP contribution in [0.25, 0.3) is 0 Å². The first-order valence-corrected chi connectivity index (χ1v) is 9.58. The van der Waals surface area contributed by atoms with Crippen LogP contribution in [0.15, 0.2) is 35.5 Å². The molecule has 10 heteroatoms. The quantitative estimate of drug-likeness (QED) is 0.785. The van der Waals surface area contributed by atoms with Crippen molar-refractivity contribution in [2.45, 2.75) is 49.9 Å². The maximum Gasteiger partial charge on any atom is 0.397 e. The summed E-state index contributed by atoms with van der Waals surface area (Å²) in [5.41, 5.74) is -2.19. The van der Waals surface area contributed by atoms with Crippen molar-refractivity contribution in [2.24, 2.45) is 0 Å². The van der Waals surface area contributed by atoms with Crippen molar-refractivity contribution < 1.29 is 28.2 Å². The lowest BCUT2D eigenvalue weighted by Crippen LogP contribution is -2.50. The SMILES string of the molecule is O=C(O)c1cn(CC2(N3CC(C(F)(F)F)c4cccnc43)CCCC2)cc(O)c1=O. The van der Waals surface area contributed by atoms with Crippen LogP contribution >= 0.6 is 0 Å². The van der Waals surface area contributed by atoms with Crippen LogP contribution in [0.1, 0.15) is 47.5 Å².